The zero-order valence-electron chi connectivity index (χ0n) is 22.0. The molecule has 0 atom stereocenters. The summed E-state index contributed by atoms with van der Waals surface area (Å²) in [5.41, 5.74) is 9.46. The summed E-state index contributed by atoms with van der Waals surface area (Å²) < 4.78 is 0. The number of aromatic nitrogens is 2. The SMILES string of the molecule is CCC1=C(C2CCN(CCC=O)CC2)CCC=C1c1cnc(-c2ccc(CC(C)C)c(C)c2)nc1. The number of rotatable bonds is 9. The molecule has 0 bridgehead atoms. The monoisotopic (exact) mass is 471 g/mol. The molecule has 1 aromatic heterocycles. The summed E-state index contributed by atoms with van der Waals surface area (Å²) >= 11 is 0. The summed E-state index contributed by atoms with van der Waals surface area (Å²) in [5.74, 6) is 2.11. The quantitative estimate of drug-likeness (QED) is 0.376. The molecule has 2 aliphatic rings. The average molecular weight is 472 g/mol. The van der Waals surface area contributed by atoms with Crippen molar-refractivity contribution in [1.82, 2.24) is 14.9 Å². The molecule has 0 N–H and O–H groups in total. The topological polar surface area (TPSA) is 46.1 Å². The first kappa shape index (κ1) is 25.5. The molecule has 0 unspecified atom stereocenters. The summed E-state index contributed by atoms with van der Waals surface area (Å²) in [5, 5.41) is 0. The first-order valence-corrected chi connectivity index (χ1v) is 13.5. The fourth-order valence-corrected chi connectivity index (χ4v) is 5.84. The molecular formula is C31H41N3O. The van der Waals surface area contributed by atoms with Crippen molar-refractivity contribution in [3.05, 3.63) is 64.5 Å². The van der Waals surface area contributed by atoms with Gasteiger partial charge in [0.05, 0.1) is 0 Å². The van der Waals surface area contributed by atoms with Gasteiger partial charge in [0.1, 0.15) is 6.29 Å². The van der Waals surface area contributed by atoms with Gasteiger partial charge in [0, 0.05) is 36.5 Å². The van der Waals surface area contributed by atoms with Gasteiger partial charge in [-0.25, -0.2) is 9.97 Å². The second kappa shape index (κ2) is 11.9. The Morgan fingerprint density at radius 1 is 1.11 bits per heavy atom. The standard InChI is InChI=1S/C31H41N3O/c1-5-28-29(24-12-15-34(16-13-24)14-7-17-35)8-6-9-30(28)27-20-32-31(33-21-27)26-11-10-25(18-22(2)3)23(4)19-26/h9-11,17,19-22,24H,5-8,12-16,18H2,1-4H3. The number of carbonyl (C=O) groups is 1. The maximum atomic E-state index is 10.7. The molecule has 2 aromatic rings. The Morgan fingerprint density at radius 2 is 1.86 bits per heavy atom. The van der Waals surface area contributed by atoms with Gasteiger partial charge in [-0.2, -0.15) is 0 Å². The lowest BCUT2D eigenvalue weighted by Crippen LogP contribution is -2.35. The lowest BCUT2D eigenvalue weighted by Gasteiger charge is -2.35. The number of aryl methyl sites for hydroxylation is 1. The predicted molar refractivity (Wildman–Crippen MR) is 145 cm³/mol. The van der Waals surface area contributed by atoms with Gasteiger partial charge in [0.15, 0.2) is 5.82 Å². The lowest BCUT2D eigenvalue weighted by atomic mass is 9.77. The highest BCUT2D eigenvalue weighted by atomic mass is 16.1. The van der Waals surface area contributed by atoms with Crippen LogP contribution in [-0.4, -0.2) is 40.8 Å². The van der Waals surface area contributed by atoms with E-state index in [1.165, 1.54) is 41.5 Å². The van der Waals surface area contributed by atoms with E-state index < -0.39 is 0 Å². The average Bonchev–Trinajstić information content (AvgIpc) is 2.88. The van der Waals surface area contributed by atoms with Crippen LogP contribution in [0.3, 0.4) is 0 Å². The zero-order valence-corrected chi connectivity index (χ0v) is 22.0. The van der Waals surface area contributed by atoms with Crippen molar-refractivity contribution < 1.29 is 4.79 Å². The van der Waals surface area contributed by atoms with Crippen molar-refractivity contribution >= 4 is 11.9 Å². The largest absolute Gasteiger partial charge is 0.303 e. The number of likely N-dealkylation sites (tertiary alicyclic amines) is 1. The van der Waals surface area contributed by atoms with Gasteiger partial charge in [-0.3, -0.25) is 0 Å². The van der Waals surface area contributed by atoms with E-state index in [1.54, 1.807) is 5.57 Å². The molecule has 4 nitrogen and oxygen atoms in total. The van der Waals surface area contributed by atoms with Crippen molar-refractivity contribution in [2.75, 3.05) is 19.6 Å². The number of nitrogens with zero attached hydrogens (tertiary/aromatic N) is 3. The van der Waals surface area contributed by atoms with Gasteiger partial charge in [0.2, 0.25) is 0 Å². The Morgan fingerprint density at radius 3 is 2.49 bits per heavy atom. The molecule has 0 radical (unpaired) electrons. The van der Waals surface area contributed by atoms with Crippen LogP contribution in [-0.2, 0) is 11.2 Å². The molecule has 4 heteroatoms. The number of benzene rings is 1. The van der Waals surface area contributed by atoms with Crippen molar-refractivity contribution in [3.63, 3.8) is 0 Å². The van der Waals surface area contributed by atoms with Crippen molar-refractivity contribution in [2.45, 2.75) is 72.6 Å². The van der Waals surface area contributed by atoms with Crippen LogP contribution >= 0.6 is 0 Å². The molecule has 0 amide bonds. The minimum Gasteiger partial charge on any atom is -0.303 e. The second-order valence-electron chi connectivity index (χ2n) is 10.6. The van der Waals surface area contributed by atoms with Crippen LogP contribution in [0.15, 0.2) is 47.8 Å². The van der Waals surface area contributed by atoms with Crippen molar-refractivity contribution in [3.8, 4) is 11.4 Å². The maximum Gasteiger partial charge on any atom is 0.159 e. The van der Waals surface area contributed by atoms with Gasteiger partial charge < -0.3 is 9.69 Å². The van der Waals surface area contributed by atoms with Gasteiger partial charge >= 0.3 is 0 Å². The van der Waals surface area contributed by atoms with Gasteiger partial charge in [-0.1, -0.05) is 44.6 Å². The third-order valence-corrected chi connectivity index (χ3v) is 7.66. The molecule has 35 heavy (non-hydrogen) atoms. The highest BCUT2D eigenvalue weighted by molar-refractivity contribution is 5.80. The van der Waals surface area contributed by atoms with Crippen LogP contribution in [0.4, 0.5) is 0 Å². The van der Waals surface area contributed by atoms with E-state index in [0.717, 1.165) is 62.1 Å². The van der Waals surface area contributed by atoms with Crippen LogP contribution in [0.1, 0.15) is 76.0 Å². The second-order valence-corrected chi connectivity index (χ2v) is 10.6. The Balaban J connectivity index is 1.50. The van der Waals surface area contributed by atoms with E-state index in [1.807, 2.05) is 12.4 Å². The minimum atomic E-state index is 0.651. The maximum absolute atomic E-state index is 10.7. The number of piperidine rings is 1. The summed E-state index contributed by atoms with van der Waals surface area (Å²) in [7, 11) is 0. The Hall–Kier alpha value is -2.59. The molecule has 1 saturated heterocycles. The summed E-state index contributed by atoms with van der Waals surface area (Å²) in [6.45, 7) is 12.1. The van der Waals surface area contributed by atoms with Crippen LogP contribution in [0.5, 0.6) is 0 Å². The summed E-state index contributed by atoms with van der Waals surface area (Å²) in [4.78, 5) is 22.8. The van der Waals surface area contributed by atoms with Crippen LogP contribution in [0.25, 0.3) is 17.0 Å². The molecule has 2 heterocycles. The number of aldehydes is 1. The van der Waals surface area contributed by atoms with E-state index in [-0.39, 0.29) is 0 Å². The minimum absolute atomic E-state index is 0.651. The highest BCUT2D eigenvalue weighted by Crippen LogP contribution is 2.40. The Kier molecular flexibility index (Phi) is 8.67. The van der Waals surface area contributed by atoms with Gasteiger partial charge in [-0.15, -0.1) is 0 Å². The van der Waals surface area contributed by atoms with Crippen LogP contribution in [0.2, 0.25) is 0 Å². The summed E-state index contributed by atoms with van der Waals surface area (Å²) in [6, 6.07) is 6.63. The number of hydrogen-bond donors (Lipinski definition) is 0. The molecule has 0 spiro atoms. The van der Waals surface area contributed by atoms with E-state index in [0.29, 0.717) is 18.3 Å². The van der Waals surface area contributed by atoms with Crippen LogP contribution < -0.4 is 0 Å². The molecule has 1 aliphatic carbocycles. The summed E-state index contributed by atoms with van der Waals surface area (Å²) in [6.07, 6.45) is 14.9. The third kappa shape index (κ3) is 6.16. The number of allylic oxidation sites excluding steroid dienone is 4. The first-order valence-electron chi connectivity index (χ1n) is 13.5. The smallest absolute Gasteiger partial charge is 0.159 e. The lowest BCUT2D eigenvalue weighted by molar-refractivity contribution is -0.108. The molecule has 4 rings (SSSR count). The molecule has 1 aromatic carbocycles. The fraction of sp³-hybridized carbons (Fsp3) is 0.516. The molecule has 186 valence electrons. The van der Waals surface area contributed by atoms with Crippen molar-refractivity contribution in [2.24, 2.45) is 11.8 Å². The zero-order chi connectivity index (χ0) is 24.8. The Labute approximate surface area is 211 Å². The third-order valence-electron chi connectivity index (χ3n) is 7.66. The number of carbonyl (C=O) groups excluding carboxylic acids is 1. The van der Waals surface area contributed by atoms with E-state index in [2.05, 4.69) is 56.9 Å². The molecule has 1 fully saturated rings. The highest BCUT2D eigenvalue weighted by Gasteiger charge is 2.26. The Bertz CT molecular complexity index is 1070. The fourth-order valence-electron chi connectivity index (χ4n) is 5.84. The molecular weight excluding hydrogens is 430 g/mol. The van der Waals surface area contributed by atoms with E-state index in [9.17, 15) is 4.79 Å². The predicted octanol–water partition coefficient (Wildman–Crippen LogP) is 6.84. The van der Waals surface area contributed by atoms with E-state index in [4.69, 9.17) is 9.97 Å². The molecule has 0 saturated carbocycles. The van der Waals surface area contributed by atoms with Gasteiger partial charge in [-0.05, 0) is 98.7 Å². The first-order chi connectivity index (χ1) is 17.0. The number of hydrogen-bond acceptors (Lipinski definition) is 4. The normalized spacial score (nSPS) is 17.7. The van der Waals surface area contributed by atoms with Crippen molar-refractivity contribution in [1.29, 1.82) is 0 Å². The van der Waals surface area contributed by atoms with Crippen LogP contribution in [0, 0.1) is 18.8 Å². The van der Waals surface area contributed by atoms with E-state index >= 15 is 0 Å². The molecule has 1 aliphatic heterocycles. The van der Waals surface area contributed by atoms with Gasteiger partial charge in [0.25, 0.3) is 0 Å².